The highest BCUT2D eigenvalue weighted by Crippen LogP contribution is 2.28. The van der Waals surface area contributed by atoms with Gasteiger partial charge in [-0.15, -0.1) is 0 Å². The van der Waals surface area contributed by atoms with Crippen molar-refractivity contribution in [1.82, 2.24) is 10.2 Å². The first-order chi connectivity index (χ1) is 12.1. The summed E-state index contributed by atoms with van der Waals surface area (Å²) in [5.41, 5.74) is 1.13. The van der Waals surface area contributed by atoms with Crippen LogP contribution in [0.1, 0.15) is 25.8 Å². The lowest BCUT2D eigenvalue weighted by atomic mass is 10.1. The van der Waals surface area contributed by atoms with Gasteiger partial charge in [0.15, 0.2) is 18.1 Å². The molecule has 0 atom stereocenters. The molecule has 25 heavy (non-hydrogen) atoms. The monoisotopic (exact) mass is 350 g/mol. The van der Waals surface area contributed by atoms with Crippen molar-refractivity contribution in [1.29, 1.82) is 0 Å². The highest BCUT2D eigenvalue weighted by molar-refractivity contribution is 5.78. The van der Waals surface area contributed by atoms with E-state index in [-0.39, 0.29) is 12.5 Å². The Morgan fingerprint density at radius 3 is 2.72 bits per heavy atom. The number of ether oxygens (including phenoxy) is 3. The Balaban J connectivity index is 1.84. The van der Waals surface area contributed by atoms with E-state index in [1.165, 1.54) is 0 Å². The van der Waals surface area contributed by atoms with Gasteiger partial charge in [-0.05, 0) is 36.6 Å². The topological polar surface area (TPSA) is 60.0 Å². The van der Waals surface area contributed by atoms with Crippen LogP contribution in [-0.2, 0) is 16.1 Å². The molecule has 1 heterocycles. The Morgan fingerprint density at radius 2 is 2.04 bits per heavy atom. The van der Waals surface area contributed by atoms with Crippen molar-refractivity contribution >= 4 is 5.91 Å². The van der Waals surface area contributed by atoms with Crippen molar-refractivity contribution in [3.8, 4) is 11.5 Å². The normalized spacial score (nSPS) is 14.6. The summed E-state index contributed by atoms with van der Waals surface area (Å²) in [4.78, 5) is 13.9. The Kier molecular flexibility index (Phi) is 8.01. The van der Waals surface area contributed by atoms with Crippen LogP contribution in [0.5, 0.6) is 11.5 Å². The van der Waals surface area contributed by atoms with E-state index >= 15 is 0 Å². The van der Waals surface area contributed by atoms with E-state index in [1.54, 1.807) is 12.0 Å². The van der Waals surface area contributed by atoms with E-state index < -0.39 is 0 Å². The minimum absolute atomic E-state index is 0.0162. The molecule has 6 heteroatoms. The van der Waals surface area contributed by atoms with Crippen molar-refractivity contribution in [3.05, 3.63) is 23.8 Å². The van der Waals surface area contributed by atoms with Gasteiger partial charge in [0.25, 0.3) is 5.91 Å². The van der Waals surface area contributed by atoms with Crippen LogP contribution >= 0.6 is 0 Å². The second-order valence-electron chi connectivity index (χ2n) is 6.63. The fraction of sp³-hybridized carbons (Fsp3) is 0.632. The lowest BCUT2D eigenvalue weighted by molar-refractivity contribution is -0.137. The zero-order valence-electron chi connectivity index (χ0n) is 15.5. The van der Waals surface area contributed by atoms with Gasteiger partial charge >= 0.3 is 0 Å². The molecule has 6 nitrogen and oxygen atoms in total. The number of nitrogens with zero attached hydrogens (tertiary/aromatic N) is 1. The quantitative estimate of drug-likeness (QED) is 0.691. The number of morpholine rings is 1. The smallest absolute Gasteiger partial charge is 0.260 e. The summed E-state index contributed by atoms with van der Waals surface area (Å²) >= 11 is 0. The summed E-state index contributed by atoms with van der Waals surface area (Å²) in [6.45, 7) is 8.66. The predicted octanol–water partition coefficient (Wildman–Crippen LogP) is 2.07. The van der Waals surface area contributed by atoms with Crippen LogP contribution < -0.4 is 14.8 Å². The molecule has 0 aliphatic carbocycles. The third-order valence-electron chi connectivity index (χ3n) is 4.17. The lowest BCUT2D eigenvalue weighted by Gasteiger charge is -2.26. The van der Waals surface area contributed by atoms with Gasteiger partial charge in [-0.25, -0.2) is 0 Å². The number of amides is 1. The number of carbonyl (C=O) groups is 1. The van der Waals surface area contributed by atoms with Crippen molar-refractivity contribution in [2.24, 2.45) is 5.92 Å². The van der Waals surface area contributed by atoms with Crippen molar-refractivity contribution in [3.63, 3.8) is 0 Å². The van der Waals surface area contributed by atoms with Crippen LogP contribution in [0.4, 0.5) is 0 Å². The molecule has 1 amide bonds. The number of hydrogen-bond acceptors (Lipinski definition) is 5. The van der Waals surface area contributed by atoms with Gasteiger partial charge in [-0.2, -0.15) is 0 Å². The van der Waals surface area contributed by atoms with Crippen LogP contribution in [0, 0.1) is 5.92 Å². The van der Waals surface area contributed by atoms with Crippen LogP contribution in [-0.4, -0.2) is 57.4 Å². The molecule has 1 fully saturated rings. The maximum atomic E-state index is 12.2. The molecular formula is C19H30N2O4. The van der Waals surface area contributed by atoms with Gasteiger partial charge in [-0.1, -0.05) is 19.9 Å². The third kappa shape index (κ3) is 6.55. The van der Waals surface area contributed by atoms with Crippen molar-refractivity contribution in [2.75, 3.05) is 46.6 Å². The van der Waals surface area contributed by atoms with E-state index in [0.29, 0.717) is 43.7 Å². The number of nitrogens with one attached hydrogen (secondary N) is 1. The first-order valence-corrected chi connectivity index (χ1v) is 8.96. The molecule has 0 unspecified atom stereocenters. The van der Waals surface area contributed by atoms with Crippen LogP contribution in [0.3, 0.4) is 0 Å². The molecule has 2 rings (SSSR count). The minimum Gasteiger partial charge on any atom is -0.493 e. The SMILES string of the molecule is COc1cc(CNCCC(C)C)ccc1OCC(=O)N1CCOCC1. The average molecular weight is 350 g/mol. The maximum absolute atomic E-state index is 12.2. The van der Waals surface area contributed by atoms with Gasteiger partial charge in [0.1, 0.15) is 0 Å². The molecule has 0 saturated carbocycles. The van der Waals surface area contributed by atoms with E-state index in [1.807, 2.05) is 18.2 Å². The standard InChI is InChI=1S/C19H30N2O4/c1-15(2)6-7-20-13-16-4-5-17(18(12-16)23-3)25-14-19(22)21-8-10-24-11-9-21/h4-5,12,15,20H,6-11,13-14H2,1-3H3. The summed E-state index contributed by atoms with van der Waals surface area (Å²) in [7, 11) is 1.61. The minimum atomic E-state index is -0.0234. The molecule has 1 aliphatic heterocycles. The first kappa shape index (κ1) is 19.5. The predicted molar refractivity (Wildman–Crippen MR) is 97.0 cm³/mol. The highest BCUT2D eigenvalue weighted by atomic mass is 16.5. The third-order valence-corrected chi connectivity index (χ3v) is 4.17. The molecule has 1 N–H and O–H groups in total. The molecule has 1 aromatic rings. The van der Waals surface area contributed by atoms with Gasteiger partial charge < -0.3 is 24.4 Å². The fourth-order valence-electron chi connectivity index (χ4n) is 2.61. The van der Waals surface area contributed by atoms with Gasteiger partial charge in [0.2, 0.25) is 0 Å². The van der Waals surface area contributed by atoms with E-state index in [9.17, 15) is 4.79 Å². The Morgan fingerprint density at radius 1 is 1.28 bits per heavy atom. The van der Waals surface area contributed by atoms with Gasteiger partial charge in [0.05, 0.1) is 20.3 Å². The molecule has 0 radical (unpaired) electrons. The van der Waals surface area contributed by atoms with E-state index in [2.05, 4.69) is 19.2 Å². The summed E-state index contributed by atoms with van der Waals surface area (Å²) in [5, 5.41) is 3.43. The van der Waals surface area contributed by atoms with E-state index in [4.69, 9.17) is 14.2 Å². The van der Waals surface area contributed by atoms with Gasteiger partial charge in [0, 0.05) is 19.6 Å². The molecule has 1 saturated heterocycles. The summed E-state index contributed by atoms with van der Waals surface area (Å²) < 4.78 is 16.3. The average Bonchev–Trinajstić information content (AvgIpc) is 2.64. The molecule has 1 aromatic carbocycles. The summed E-state index contributed by atoms with van der Waals surface area (Å²) in [6.07, 6.45) is 1.15. The largest absolute Gasteiger partial charge is 0.493 e. The number of methoxy groups -OCH3 is 1. The van der Waals surface area contributed by atoms with Crippen molar-refractivity contribution < 1.29 is 19.0 Å². The second-order valence-corrected chi connectivity index (χ2v) is 6.63. The molecule has 1 aliphatic rings. The van der Waals surface area contributed by atoms with Crippen LogP contribution in [0.15, 0.2) is 18.2 Å². The Bertz CT molecular complexity index is 542. The zero-order chi connectivity index (χ0) is 18.1. The number of rotatable bonds is 9. The number of carbonyl (C=O) groups excluding carboxylic acids is 1. The maximum Gasteiger partial charge on any atom is 0.260 e. The highest BCUT2D eigenvalue weighted by Gasteiger charge is 2.18. The van der Waals surface area contributed by atoms with Crippen LogP contribution in [0.25, 0.3) is 0 Å². The molecule has 140 valence electrons. The first-order valence-electron chi connectivity index (χ1n) is 8.96. The zero-order valence-corrected chi connectivity index (χ0v) is 15.5. The van der Waals surface area contributed by atoms with Crippen LogP contribution in [0.2, 0.25) is 0 Å². The number of benzene rings is 1. The fourth-order valence-corrected chi connectivity index (χ4v) is 2.61. The van der Waals surface area contributed by atoms with Gasteiger partial charge in [-0.3, -0.25) is 4.79 Å². The molecule has 0 bridgehead atoms. The van der Waals surface area contributed by atoms with E-state index in [0.717, 1.165) is 25.1 Å². The summed E-state index contributed by atoms with van der Waals surface area (Å²) in [5.74, 6) is 1.92. The molecule has 0 aromatic heterocycles. The lowest BCUT2D eigenvalue weighted by Crippen LogP contribution is -2.43. The Hall–Kier alpha value is -1.79. The molecular weight excluding hydrogens is 320 g/mol. The molecule has 0 spiro atoms. The number of hydrogen-bond donors (Lipinski definition) is 1. The Labute approximate surface area is 150 Å². The summed E-state index contributed by atoms with van der Waals surface area (Å²) in [6, 6.07) is 5.82. The van der Waals surface area contributed by atoms with Crippen molar-refractivity contribution in [2.45, 2.75) is 26.8 Å². The second kappa shape index (κ2) is 10.3.